The number of nitrogens with zero attached hydrogens (tertiary/aromatic N) is 1. The number of nitrogens with two attached hydrogens (primary N) is 1. The Hall–Kier alpha value is -1.55. The van der Waals surface area contributed by atoms with E-state index >= 15 is 0 Å². The Bertz CT molecular complexity index is 569. The number of hydrogen-bond donors (Lipinski definition) is 2. The Balaban J connectivity index is 3.01. The first-order valence-electron chi connectivity index (χ1n) is 4.76. The second-order valence-electron chi connectivity index (χ2n) is 3.53. The van der Waals surface area contributed by atoms with E-state index in [1.165, 1.54) is 12.3 Å². The molecule has 16 heavy (non-hydrogen) atoms. The monoisotopic (exact) mass is 239 g/mol. The molecule has 0 aliphatic heterocycles. The van der Waals surface area contributed by atoms with Gasteiger partial charge in [0.25, 0.3) is 0 Å². The Morgan fingerprint density at radius 2 is 2.19 bits per heavy atom. The van der Waals surface area contributed by atoms with Gasteiger partial charge in [-0.15, -0.1) is 0 Å². The second kappa shape index (κ2) is 3.79. The van der Waals surface area contributed by atoms with Crippen molar-refractivity contribution in [2.24, 2.45) is 0 Å². The van der Waals surface area contributed by atoms with Crippen LogP contribution in [-0.4, -0.2) is 12.0 Å². The van der Waals surface area contributed by atoms with Crippen molar-refractivity contribution in [2.75, 3.05) is 18.1 Å². The van der Waals surface area contributed by atoms with Gasteiger partial charge in [0.05, 0.1) is 28.1 Å². The van der Waals surface area contributed by atoms with Crippen LogP contribution >= 0.6 is 11.6 Å². The molecule has 3 N–H and O–H groups in total. The Morgan fingerprint density at radius 1 is 1.50 bits per heavy atom. The molecule has 2 rings (SSSR count). The number of anilines is 2. The van der Waals surface area contributed by atoms with Gasteiger partial charge in [-0.2, -0.15) is 0 Å². The summed E-state index contributed by atoms with van der Waals surface area (Å²) in [5, 5.41) is 3.86. The number of aromatic nitrogens is 1. The summed E-state index contributed by atoms with van der Waals surface area (Å²) in [6.07, 6.45) is 1.51. The maximum Gasteiger partial charge on any atom is 0.128 e. The summed E-state index contributed by atoms with van der Waals surface area (Å²) in [7, 11) is 1.73. The normalized spacial score (nSPS) is 10.8. The fourth-order valence-corrected chi connectivity index (χ4v) is 1.99. The Morgan fingerprint density at radius 3 is 2.81 bits per heavy atom. The number of nitrogen functional groups attached to an aromatic ring is 1. The quantitative estimate of drug-likeness (QED) is 0.805. The van der Waals surface area contributed by atoms with Crippen LogP contribution < -0.4 is 11.1 Å². The number of fused-ring (bicyclic) bond motifs is 1. The minimum Gasteiger partial charge on any atom is -0.396 e. The maximum atomic E-state index is 13.6. The van der Waals surface area contributed by atoms with Crippen LogP contribution in [0.5, 0.6) is 0 Å². The van der Waals surface area contributed by atoms with Gasteiger partial charge in [-0.1, -0.05) is 11.6 Å². The molecule has 0 aliphatic carbocycles. The van der Waals surface area contributed by atoms with E-state index < -0.39 is 0 Å². The van der Waals surface area contributed by atoms with E-state index in [0.29, 0.717) is 27.8 Å². The fraction of sp³-hybridized carbons (Fsp3) is 0.182. The third-order valence-electron chi connectivity index (χ3n) is 2.57. The SMILES string of the molecule is CNc1c(N)cnc2c(Cl)cc(F)c(C)c12. The van der Waals surface area contributed by atoms with Crippen LogP contribution in [0.2, 0.25) is 5.02 Å². The molecule has 84 valence electrons. The van der Waals surface area contributed by atoms with Gasteiger partial charge in [-0.05, 0) is 18.6 Å². The minimum absolute atomic E-state index is 0.287. The molecule has 0 unspecified atom stereocenters. The first-order chi connectivity index (χ1) is 7.56. The van der Waals surface area contributed by atoms with Crippen LogP contribution in [0.3, 0.4) is 0 Å². The summed E-state index contributed by atoms with van der Waals surface area (Å²) >= 11 is 5.94. The molecular formula is C11H11ClFN3. The molecule has 0 aliphatic rings. The highest BCUT2D eigenvalue weighted by molar-refractivity contribution is 6.35. The van der Waals surface area contributed by atoms with Crippen LogP contribution in [0.4, 0.5) is 15.8 Å². The largest absolute Gasteiger partial charge is 0.396 e. The van der Waals surface area contributed by atoms with E-state index in [1.54, 1.807) is 14.0 Å². The first-order valence-corrected chi connectivity index (χ1v) is 5.14. The highest BCUT2D eigenvalue weighted by Gasteiger charge is 2.14. The summed E-state index contributed by atoms with van der Waals surface area (Å²) < 4.78 is 13.6. The van der Waals surface area contributed by atoms with Crippen LogP contribution in [-0.2, 0) is 0 Å². The van der Waals surface area contributed by atoms with Crippen LogP contribution in [0.15, 0.2) is 12.3 Å². The number of aryl methyl sites for hydroxylation is 1. The maximum absolute atomic E-state index is 13.6. The van der Waals surface area contributed by atoms with Gasteiger partial charge in [0.2, 0.25) is 0 Å². The Kier molecular flexibility index (Phi) is 2.59. The number of hydrogen-bond acceptors (Lipinski definition) is 3. The molecule has 0 amide bonds. The van der Waals surface area contributed by atoms with Crippen LogP contribution in [0.1, 0.15) is 5.56 Å². The highest BCUT2D eigenvalue weighted by atomic mass is 35.5. The fourth-order valence-electron chi connectivity index (χ4n) is 1.75. The predicted molar refractivity (Wildman–Crippen MR) is 65.4 cm³/mol. The first kappa shape index (κ1) is 11.0. The lowest BCUT2D eigenvalue weighted by molar-refractivity contribution is 0.621. The standard InChI is InChI=1S/C11H11ClFN3/c1-5-7(13)3-6(12)10-9(5)11(15-2)8(14)4-16-10/h3-4H,14H2,1-2H3,(H,15,16). The van der Waals surface area contributed by atoms with E-state index in [1.807, 2.05) is 0 Å². The van der Waals surface area contributed by atoms with Crippen molar-refractivity contribution < 1.29 is 4.39 Å². The summed E-state index contributed by atoms with van der Waals surface area (Å²) in [4.78, 5) is 4.13. The lowest BCUT2D eigenvalue weighted by atomic mass is 10.1. The van der Waals surface area contributed by atoms with Crippen LogP contribution in [0, 0.1) is 12.7 Å². The van der Waals surface area contributed by atoms with E-state index in [-0.39, 0.29) is 10.8 Å². The molecule has 2 aromatic rings. The summed E-state index contributed by atoms with van der Waals surface area (Å²) in [5.41, 5.74) is 7.95. The number of halogens is 2. The highest BCUT2D eigenvalue weighted by Crippen LogP contribution is 2.35. The van der Waals surface area contributed by atoms with Crippen molar-refractivity contribution in [3.63, 3.8) is 0 Å². The molecular weight excluding hydrogens is 229 g/mol. The number of pyridine rings is 1. The molecule has 0 fully saturated rings. The number of nitrogens with one attached hydrogen (secondary N) is 1. The lowest BCUT2D eigenvalue weighted by Gasteiger charge is -2.12. The van der Waals surface area contributed by atoms with Gasteiger partial charge in [0.15, 0.2) is 0 Å². The van der Waals surface area contributed by atoms with Crippen LogP contribution in [0.25, 0.3) is 10.9 Å². The molecule has 3 nitrogen and oxygen atoms in total. The molecule has 0 saturated carbocycles. The Labute approximate surface area is 97.4 Å². The van der Waals surface area contributed by atoms with Crippen molar-refractivity contribution in [1.29, 1.82) is 0 Å². The van der Waals surface area contributed by atoms with Gasteiger partial charge < -0.3 is 11.1 Å². The van der Waals surface area contributed by atoms with E-state index in [9.17, 15) is 4.39 Å². The van der Waals surface area contributed by atoms with Gasteiger partial charge in [-0.25, -0.2) is 4.39 Å². The van der Waals surface area contributed by atoms with Crippen molar-refractivity contribution in [3.8, 4) is 0 Å². The van der Waals surface area contributed by atoms with Crippen molar-refractivity contribution >= 4 is 33.9 Å². The molecule has 1 heterocycles. The van der Waals surface area contributed by atoms with E-state index in [2.05, 4.69) is 10.3 Å². The summed E-state index contributed by atoms with van der Waals surface area (Å²) in [6.45, 7) is 1.68. The smallest absolute Gasteiger partial charge is 0.128 e. The summed E-state index contributed by atoms with van der Waals surface area (Å²) in [5.74, 6) is -0.360. The zero-order valence-corrected chi connectivity index (χ0v) is 9.69. The molecule has 0 bridgehead atoms. The molecule has 0 saturated heterocycles. The summed E-state index contributed by atoms with van der Waals surface area (Å²) in [6, 6.07) is 1.27. The average molecular weight is 240 g/mol. The lowest BCUT2D eigenvalue weighted by Crippen LogP contribution is -2.00. The average Bonchev–Trinajstić information content (AvgIpc) is 2.25. The molecule has 1 aromatic carbocycles. The van der Waals surface area contributed by atoms with E-state index in [4.69, 9.17) is 17.3 Å². The second-order valence-corrected chi connectivity index (χ2v) is 3.93. The van der Waals surface area contributed by atoms with Crippen molar-refractivity contribution in [2.45, 2.75) is 6.92 Å². The van der Waals surface area contributed by atoms with Gasteiger partial charge in [-0.3, -0.25) is 4.98 Å². The van der Waals surface area contributed by atoms with Crippen molar-refractivity contribution in [3.05, 3.63) is 28.7 Å². The third-order valence-corrected chi connectivity index (χ3v) is 2.86. The van der Waals surface area contributed by atoms with Gasteiger partial charge >= 0.3 is 0 Å². The molecule has 1 aromatic heterocycles. The molecule has 5 heteroatoms. The predicted octanol–water partition coefficient (Wildman–Crippen LogP) is 2.96. The molecule has 0 atom stereocenters. The number of rotatable bonds is 1. The molecule has 0 radical (unpaired) electrons. The topological polar surface area (TPSA) is 50.9 Å². The minimum atomic E-state index is -0.360. The van der Waals surface area contributed by atoms with Crippen molar-refractivity contribution in [1.82, 2.24) is 4.98 Å². The van der Waals surface area contributed by atoms with Gasteiger partial charge in [0, 0.05) is 12.4 Å². The number of benzene rings is 1. The zero-order chi connectivity index (χ0) is 11.9. The van der Waals surface area contributed by atoms with E-state index in [0.717, 1.165) is 0 Å². The third kappa shape index (κ3) is 1.46. The zero-order valence-electron chi connectivity index (χ0n) is 8.94. The molecule has 0 spiro atoms. The van der Waals surface area contributed by atoms with Gasteiger partial charge in [0.1, 0.15) is 5.82 Å².